The van der Waals surface area contributed by atoms with Gasteiger partial charge < -0.3 is 9.90 Å². The number of hydrogen-bond donors (Lipinski definition) is 0. The molecular formula is C2AgClF2O2. The molecule has 6 heteroatoms. The van der Waals surface area contributed by atoms with Crippen LogP contribution >= 0.6 is 11.6 Å². The number of carboxylic acid groups (broad SMARTS) is 1. The van der Waals surface area contributed by atoms with Gasteiger partial charge in [-0.3, -0.25) is 0 Å². The third-order valence-electron chi connectivity index (χ3n) is 0.231. The van der Waals surface area contributed by atoms with Crippen LogP contribution in [0.15, 0.2) is 0 Å². The van der Waals surface area contributed by atoms with Crippen LogP contribution < -0.4 is 5.11 Å². The second-order valence-corrected chi connectivity index (χ2v) is 1.26. The van der Waals surface area contributed by atoms with Crippen molar-refractivity contribution in [2.24, 2.45) is 0 Å². The molecule has 0 heterocycles. The van der Waals surface area contributed by atoms with Gasteiger partial charge in [-0.15, -0.1) is 0 Å². The maximum absolute atomic E-state index is 10.9. The maximum Gasteiger partial charge on any atom is 1.00 e. The average molecular weight is 237 g/mol. The van der Waals surface area contributed by atoms with Crippen LogP contribution in [-0.2, 0) is 27.2 Å². The van der Waals surface area contributed by atoms with Gasteiger partial charge in [0.1, 0.15) is 5.97 Å². The first-order valence-corrected chi connectivity index (χ1v) is 1.60. The Kier molecular flexibility index (Phi) is 4.76. The van der Waals surface area contributed by atoms with Crippen molar-refractivity contribution in [1.29, 1.82) is 0 Å². The van der Waals surface area contributed by atoms with E-state index < -0.39 is 11.4 Å². The molecule has 0 aromatic carbocycles. The summed E-state index contributed by atoms with van der Waals surface area (Å²) in [5.41, 5.74) is 0. The van der Waals surface area contributed by atoms with Crippen LogP contribution in [0.4, 0.5) is 8.78 Å². The molecule has 0 rings (SSSR count). The van der Waals surface area contributed by atoms with Crippen molar-refractivity contribution in [3.05, 3.63) is 0 Å². The molecule has 0 N–H and O–H groups in total. The zero-order valence-corrected chi connectivity index (χ0v) is 5.49. The predicted octanol–water partition coefficient (Wildman–Crippen LogP) is -0.435. The summed E-state index contributed by atoms with van der Waals surface area (Å²) in [5, 5.41) is 4.81. The van der Waals surface area contributed by atoms with Crippen molar-refractivity contribution < 1.29 is 41.1 Å². The summed E-state index contributed by atoms with van der Waals surface area (Å²) in [6, 6.07) is 0. The normalized spacial score (nSPS) is 9.88. The number of rotatable bonds is 1. The van der Waals surface area contributed by atoms with Crippen LogP contribution in [0.1, 0.15) is 0 Å². The van der Waals surface area contributed by atoms with Gasteiger partial charge in [-0.05, 0) is 11.6 Å². The summed E-state index contributed by atoms with van der Waals surface area (Å²) in [7, 11) is 0. The average Bonchev–Trinajstić information content (AvgIpc) is 1.31. The zero-order chi connectivity index (χ0) is 6.08. The molecule has 0 spiro atoms. The molecule has 0 saturated carbocycles. The first-order chi connectivity index (χ1) is 2.94. The first-order valence-electron chi connectivity index (χ1n) is 1.23. The maximum atomic E-state index is 10.9. The van der Waals surface area contributed by atoms with Crippen molar-refractivity contribution in [3.8, 4) is 0 Å². The number of alkyl halides is 3. The van der Waals surface area contributed by atoms with Crippen LogP contribution in [0.2, 0.25) is 0 Å². The van der Waals surface area contributed by atoms with Crippen molar-refractivity contribution >= 4 is 17.6 Å². The fraction of sp³-hybridized carbons (Fsp3) is 0.500. The summed E-state index contributed by atoms with van der Waals surface area (Å²) in [4.78, 5) is 9.03. The van der Waals surface area contributed by atoms with E-state index in [-0.39, 0.29) is 22.4 Å². The topological polar surface area (TPSA) is 40.1 Å². The fourth-order valence-electron chi connectivity index (χ4n) is 0. The Bertz CT molecular complexity index is 90.5. The van der Waals surface area contributed by atoms with E-state index in [4.69, 9.17) is 9.90 Å². The van der Waals surface area contributed by atoms with Crippen molar-refractivity contribution in [2.75, 3.05) is 0 Å². The molecule has 0 aromatic rings. The number of carbonyl (C=O) groups is 1. The molecule has 8 heavy (non-hydrogen) atoms. The zero-order valence-electron chi connectivity index (χ0n) is 3.25. The SMILES string of the molecule is O=C([O-])C(F)(F)Cl.[Ag+]. The number of carboxylic acids is 1. The van der Waals surface area contributed by atoms with Gasteiger partial charge in [-0.1, -0.05) is 0 Å². The third kappa shape index (κ3) is 4.52. The van der Waals surface area contributed by atoms with Crippen molar-refractivity contribution in [2.45, 2.75) is 5.38 Å². The molecule has 0 bridgehead atoms. The van der Waals surface area contributed by atoms with E-state index in [2.05, 4.69) is 11.6 Å². The van der Waals surface area contributed by atoms with Gasteiger partial charge in [0.15, 0.2) is 0 Å². The largest absolute Gasteiger partial charge is 1.00 e. The Morgan fingerprint density at radius 1 is 1.62 bits per heavy atom. The minimum absolute atomic E-state index is 0. The van der Waals surface area contributed by atoms with E-state index in [1.54, 1.807) is 0 Å². The summed E-state index contributed by atoms with van der Waals surface area (Å²) in [6.07, 6.45) is 0. The molecule has 0 unspecified atom stereocenters. The van der Waals surface area contributed by atoms with Gasteiger partial charge in [-0.2, -0.15) is 8.78 Å². The molecule has 0 fully saturated rings. The van der Waals surface area contributed by atoms with Crippen LogP contribution in [0, 0.1) is 0 Å². The summed E-state index contributed by atoms with van der Waals surface area (Å²) >= 11 is 3.87. The van der Waals surface area contributed by atoms with Crippen molar-refractivity contribution in [1.82, 2.24) is 0 Å². The smallest absolute Gasteiger partial charge is 0.543 e. The quantitative estimate of drug-likeness (QED) is 0.458. The number of halogens is 3. The van der Waals surface area contributed by atoms with E-state index in [1.165, 1.54) is 0 Å². The summed E-state index contributed by atoms with van der Waals surface area (Å²) in [5.74, 6) is -2.57. The number of hydrogen-bond acceptors (Lipinski definition) is 2. The monoisotopic (exact) mass is 236 g/mol. The molecule has 0 radical (unpaired) electrons. The van der Waals surface area contributed by atoms with Gasteiger partial charge in [0.2, 0.25) is 0 Å². The molecule has 0 aliphatic carbocycles. The van der Waals surface area contributed by atoms with Crippen LogP contribution in [0.5, 0.6) is 0 Å². The van der Waals surface area contributed by atoms with Gasteiger partial charge >= 0.3 is 27.8 Å². The second-order valence-electron chi connectivity index (χ2n) is 0.785. The second kappa shape index (κ2) is 3.40. The standard InChI is InChI=1S/C2HClF2O2.Ag/c3-2(4,5)1(6)7;/h(H,6,7);/q;+1/p-1. The predicted molar refractivity (Wildman–Crippen MR) is 15.8 cm³/mol. The van der Waals surface area contributed by atoms with E-state index in [0.717, 1.165) is 0 Å². The molecule has 52 valence electrons. The summed E-state index contributed by atoms with van der Waals surface area (Å²) < 4.78 is 21.9. The van der Waals surface area contributed by atoms with Crippen LogP contribution in [0.3, 0.4) is 0 Å². The Balaban J connectivity index is 0. The van der Waals surface area contributed by atoms with Crippen molar-refractivity contribution in [3.63, 3.8) is 0 Å². The van der Waals surface area contributed by atoms with Gasteiger partial charge in [0.05, 0.1) is 0 Å². The molecule has 0 aromatic heterocycles. The molecule has 0 aliphatic heterocycles. The Morgan fingerprint density at radius 3 is 1.75 bits per heavy atom. The molecule has 0 amide bonds. The van der Waals surface area contributed by atoms with Gasteiger partial charge in [0, 0.05) is 0 Å². The molecule has 0 atom stereocenters. The molecule has 0 saturated heterocycles. The Hall–Kier alpha value is 0.360. The minimum Gasteiger partial charge on any atom is -0.543 e. The molecule has 2 nitrogen and oxygen atoms in total. The molecular weight excluding hydrogens is 237 g/mol. The van der Waals surface area contributed by atoms with E-state index >= 15 is 0 Å². The molecule has 0 aliphatic rings. The first kappa shape index (κ1) is 11.2. The van der Waals surface area contributed by atoms with E-state index in [9.17, 15) is 8.78 Å². The Morgan fingerprint density at radius 2 is 1.75 bits per heavy atom. The van der Waals surface area contributed by atoms with Gasteiger partial charge in [-0.25, -0.2) is 0 Å². The fourth-order valence-corrected chi connectivity index (χ4v) is 0. The number of aliphatic carboxylic acids is 1. The van der Waals surface area contributed by atoms with Crippen LogP contribution in [-0.4, -0.2) is 11.4 Å². The third-order valence-corrected chi connectivity index (χ3v) is 0.386. The van der Waals surface area contributed by atoms with Gasteiger partial charge in [0.25, 0.3) is 0 Å². The van der Waals surface area contributed by atoms with E-state index in [1.807, 2.05) is 0 Å². The summed E-state index contributed by atoms with van der Waals surface area (Å²) in [6.45, 7) is 0. The number of carbonyl (C=O) groups excluding carboxylic acids is 1. The Labute approximate surface area is 64.3 Å². The minimum atomic E-state index is -4.22. The van der Waals surface area contributed by atoms with E-state index in [0.29, 0.717) is 0 Å². The van der Waals surface area contributed by atoms with Crippen LogP contribution in [0.25, 0.3) is 0 Å².